The summed E-state index contributed by atoms with van der Waals surface area (Å²) in [6.45, 7) is 0.425. The van der Waals surface area contributed by atoms with Gasteiger partial charge in [0.25, 0.3) is 0 Å². The summed E-state index contributed by atoms with van der Waals surface area (Å²) in [5.74, 6) is -1.40. The van der Waals surface area contributed by atoms with Crippen molar-refractivity contribution in [1.29, 1.82) is 0 Å². The van der Waals surface area contributed by atoms with Gasteiger partial charge in [0, 0.05) is 25.3 Å². The van der Waals surface area contributed by atoms with Crippen LogP contribution in [0.2, 0.25) is 0 Å². The third-order valence-electron chi connectivity index (χ3n) is 7.64. The van der Waals surface area contributed by atoms with Gasteiger partial charge in [0.05, 0.1) is 19.3 Å². The Bertz CT molecular complexity index is 1040. The van der Waals surface area contributed by atoms with E-state index in [9.17, 15) is 23.5 Å². The van der Waals surface area contributed by atoms with Gasteiger partial charge in [-0.2, -0.15) is 0 Å². The average molecular weight is 531 g/mol. The van der Waals surface area contributed by atoms with Crippen LogP contribution in [0.15, 0.2) is 48.5 Å². The molecule has 1 aliphatic rings. The molecule has 0 aromatic heterocycles. The van der Waals surface area contributed by atoms with Gasteiger partial charge in [0.1, 0.15) is 23.5 Å². The van der Waals surface area contributed by atoms with Gasteiger partial charge in [0.2, 0.25) is 0 Å². The fourth-order valence-electron chi connectivity index (χ4n) is 5.36. The molecule has 0 amide bonds. The lowest BCUT2D eigenvalue weighted by Gasteiger charge is -2.29. The fourth-order valence-corrected chi connectivity index (χ4v) is 5.36. The van der Waals surface area contributed by atoms with Gasteiger partial charge < -0.3 is 21.3 Å². The summed E-state index contributed by atoms with van der Waals surface area (Å²) in [5.41, 5.74) is 13.1. The molecule has 0 bridgehead atoms. The van der Waals surface area contributed by atoms with Gasteiger partial charge in [-0.3, -0.25) is 9.59 Å². The number of nitrogens with two attached hydrogens (primary N) is 2. The number of aliphatic hydroxyl groups excluding tert-OH is 1. The molecule has 3 rings (SSSR count). The van der Waals surface area contributed by atoms with Crippen molar-refractivity contribution in [2.24, 2.45) is 16.9 Å². The molecule has 1 fully saturated rings. The van der Waals surface area contributed by atoms with Crippen molar-refractivity contribution >= 4 is 11.6 Å². The minimum absolute atomic E-state index is 0.0236. The van der Waals surface area contributed by atoms with Crippen LogP contribution < -0.4 is 11.5 Å². The maximum Gasteiger partial charge on any atom is 0.162 e. The van der Waals surface area contributed by atoms with Crippen LogP contribution in [0.4, 0.5) is 8.78 Å². The lowest BCUT2D eigenvalue weighted by molar-refractivity contribution is -0.129. The van der Waals surface area contributed by atoms with Crippen LogP contribution in [0.25, 0.3) is 0 Å². The first-order valence-electron chi connectivity index (χ1n) is 13.5. The standard InChI is InChI=1S/C30H40F2N2O4/c31-23-8-9-26(32)22(16-23)17-24(33)18-25(35)10-14-30(12-4-5-13-30)15-11-28(36)29(37)27(34)20-38-19-21-6-2-1-3-7-21/h1-3,6-9,16,24,27,29,37H,4-5,10-15,17-20,33-34H2. The van der Waals surface area contributed by atoms with Gasteiger partial charge in [-0.25, -0.2) is 8.78 Å². The molecule has 0 aliphatic heterocycles. The Morgan fingerprint density at radius 1 is 1.00 bits per heavy atom. The number of hydrogen-bond donors (Lipinski definition) is 3. The van der Waals surface area contributed by atoms with E-state index in [1.165, 1.54) is 0 Å². The second-order valence-electron chi connectivity index (χ2n) is 10.7. The Labute approximate surface area is 223 Å². The van der Waals surface area contributed by atoms with Crippen molar-refractivity contribution in [2.75, 3.05) is 6.61 Å². The van der Waals surface area contributed by atoms with E-state index in [-0.39, 0.29) is 48.4 Å². The zero-order chi connectivity index (χ0) is 27.5. The van der Waals surface area contributed by atoms with Gasteiger partial charge in [0.15, 0.2) is 5.78 Å². The molecule has 8 heteroatoms. The molecule has 0 spiro atoms. The fraction of sp³-hybridized carbons (Fsp3) is 0.533. The Kier molecular flexibility index (Phi) is 11.5. The number of aliphatic hydroxyl groups is 1. The molecule has 208 valence electrons. The highest BCUT2D eigenvalue weighted by Gasteiger charge is 2.35. The molecule has 38 heavy (non-hydrogen) atoms. The topological polar surface area (TPSA) is 116 Å². The largest absolute Gasteiger partial charge is 0.384 e. The smallest absolute Gasteiger partial charge is 0.162 e. The zero-order valence-corrected chi connectivity index (χ0v) is 21.9. The third kappa shape index (κ3) is 9.34. The predicted molar refractivity (Wildman–Crippen MR) is 142 cm³/mol. The minimum atomic E-state index is -1.30. The summed E-state index contributed by atoms with van der Waals surface area (Å²) in [4.78, 5) is 25.3. The highest BCUT2D eigenvalue weighted by Crippen LogP contribution is 2.46. The number of halogens is 2. The molecule has 5 N–H and O–H groups in total. The molecule has 0 saturated heterocycles. The predicted octanol–water partition coefficient (Wildman–Crippen LogP) is 4.39. The number of carbonyl (C=O) groups excluding carboxylic acids is 2. The van der Waals surface area contributed by atoms with Crippen molar-refractivity contribution in [1.82, 2.24) is 0 Å². The van der Waals surface area contributed by atoms with Crippen LogP contribution in [0, 0.1) is 17.0 Å². The summed E-state index contributed by atoms with van der Waals surface area (Å²) in [5, 5.41) is 10.4. The number of benzene rings is 2. The van der Waals surface area contributed by atoms with Crippen LogP contribution in [0.1, 0.15) is 68.9 Å². The summed E-state index contributed by atoms with van der Waals surface area (Å²) in [7, 11) is 0. The Morgan fingerprint density at radius 2 is 1.68 bits per heavy atom. The van der Waals surface area contributed by atoms with Crippen LogP contribution in [-0.2, 0) is 27.4 Å². The quantitative estimate of drug-likeness (QED) is 0.297. The summed E-state index contributed by atoms with van der Waals surface area (Å²) in [6.07, 6.45) is 4.55. The van der Waals surface area contributed by atoms with Crippen molar-refractivity contribution in [3.8, 4) is 0 Å². The monoisotopic (exact) mass is 530 g/mol. The number of rotatable bonds is 16. The van der Waals surface area contributed by atoms with Crippen molar-refractivity contribution in [2.45, 2.75) is 89.0 Å². The molecule has 0 heterocycles. The third-order valence-corrected chi connectivity index (χ3v) is 7.64. The van der Waals surface area contributed by atoms with E-state index in [2.05, 4.69) is 0 Å². The van der Waals surface area contributed by atoms with Crippen LogP contribution in [0.5, 0.6) is 0 Å². The van der Waals surface area contributed by atoms with Crippen molar-refractivity contribution < 1.29 is 28.2 Å². The first-order valence-corrected chi connectivity index (χ1v) is 13.5. The number of ketones is 2. The second kappa shape index (κ2) is 14.6. The Hall–Kier alpha value is -2.52. The van der Waals surface area contributed by atoms with E-state index < -0.39 is 29.8 Å². The highest BCUT2D eigenvalue weighted by molar-refractivity contribution is 5.83. The minimum Gasteiger partial charge on any atom is -0.384 e. The van der Waals surface area contributed by atoms with Crippen LogP contribution in [0.3, 0.4) is 0 Å². The first-order chi connectivity index (χ1) is 18.2. The zero-order valence-electron chi connectivity index (χ0n) is 21.9. The molecule has 0 radical (unpaired) electrons. The summed E-state index contributed by atoms with van der Waals surface area (Å²) < 4.78 is 32.9. The lowest BCUT2D eigenvalue weighted by Crippen LogP contribution is -2.44. The van der Waals surface area contributed by atoms with Crippen LogP contribution in [-0.4, -0.2) is 41.5 Å². The molecule has 3 unspecified atom stereocenters. The SMILES string of the molecule is NC(CC(=O)CCC1(CCC(=O)C(O)C(N)COCc2ccccc2)CCCC1)Cc1cc(F)ccc1F. The molecule has 2 aromatic carbocycles. The van der Waals surface area contributed by atoms with Crippen molar-refractivity contribution in [3.63, 3.8) is 0 Å². The summed E-state index contributed by atoms with van der Waals surface area (Å²) in [6, 6.07) is 11.4. The van der Waals surface area contributed by atoms with Gasteiger partial charge in [-0.15, -0.1) is 0 Å². The molecule has 3 atom stereocenters. The van der Waals surface area contributed by atoms with Crippen LogP contribution >= 0.6 is 0 Å². The molecule has 1 saturated carbocycles. The van der Waals surface area contributed by atoms with Gasteiger partial charge in [-0.1, -0.05) is 43.2 Å². The normalized spacial score (nSPS) is 17.2. The maximum absolute atomic E-state index is 13.9. The molecular formula is C30H40F2N2O4. The average Bonchev–Trinajstić information content (AvgIpc) is 3.37. The first kappa shape index (κ1) is 30.0. The van der Waals surface area contributed by atoms with Crippen molar-refractivity contribution in [3.05, 3.63) is 71.3 Å². The summed E-state index contributed by atoms with van der Waals surface area (Å²) >= 11 is 0. The van der Waals surface area contributed by atoms with E-state index in [4.69, 9.17) is 16.2 Å². The second-order valence-corrected chi connectivity index (χ2v) is 10.7. The number of ether oxygens (including phenoxy) is 1. The van der Waals surface area contributed by atoms with E-state index in [1.807, 2.05) is 30.3 Å². The molecule has 6 nitrogen and oxygen atoms in total. The van der Waals surface area contributed by atoms with E-state index in [1.54, 1.807) is 0 Å². The number of Topliss-reactive ketones (excluding diaryl/α,β-unsaturated/α-hetero) is 2. The van der Waals surface area contributed by atoms with E-state index >= 15 is 0 Å². The van der Waals surface area contributed by atoms with Gasteiger partial charge >= 0.3 is 0 Å². The molecule has 1 aliphatic carbocycles. The number of hydrogen-bond acceptors (Lipinski definition) is 6. The molecular weight excluding hydrogens is 490 g/mol. The van der Waals surface area contributed by atoms with E-state index in [0.717, 1.165) is 49.4 Å². The number of carbonyl (C=O) groups is 2. The maximum atomic E-state index is 13.9. The Balaban J connectivity index is 1.42. The lowest BCUT2D eigenvalue weighted by atomic mass is 9.76. The molecule has 2 aromatic rings. The highest BCUT2D eigenvalue weighted by atomic mass is 19.1. The Morgan fingerprint density at radius 3 is 2.39 bits per heavy atom. The van der Waals surface area contributed by atoms with Gasteiger partial charge in [-0.05, 0) is 66.8 Å². The van der Waals surface area contributed by atoms with E-state index in [0.29, 0.717) is 25.9 Å².